The molecule has 1 aromatic rings. The first kappa shape index (κ1) is 15.1. The Morgan fingerprint density at radius 3 is 2.70 bits per heavy atom. The summed E-state index contributed by atoms with van der Waals surface area (Å²) in [7, 11) is 0. The zero-order valence-electron chi connectivity index (χ0n) is 12.8. The lowest BCUT2D eigenvalue weighted by atomic mass is 9.97. The number of carbonyl (C=O) groups excluding carboxylic acids is 1. The first-order valence-electron chi connectivity index (χ1n) is 8.05. The molecule has 0 spiro atoms. The Morgan fingerprint density at radius 1 is 1.35 bits per heavy atom. The summed E-state index contributed by atoms with van der Waals surface area (Å²) in [5.74, 6) is 1.62. The molecule has 112 valence electrons. The largest absolute Gasteiger partial charge is 0.342 e. The molecule has 0 fully saturated rings. The Kier molecular flexibility index (Phi) is 5.62. The average Bonchev–Trinajstić information content (AvgIpc) is 2.94. The third kappa shape index (κ3) is 3.62. The van der Waals surface area contributed by atoms with Gasteiger partial charge in [0.05, 0.1) is 5.92 Å². The number of hydrogen-bond acceptors (Lipinski definition) is 2. The molecule has 0 aliphatic carbocycles. The first-order valence-corrected chi connectivity index (χ1v) is 8.05. The number of fused-ring (bicyclic) bond motifs is 1. The van der Waals surface area contributed by atoms with Crippen molar-refractivity contribution in [1.29, 1.82) is 0 Å². The number of aromatic nitrogens is 2. The summed E-state index contributed by atoms with van der Waals surface area (Å²) < 4.78 is 2.14. The van der Waals surface area contributed by atoms with Crippen LogP contribution < -0.4 is 0 Å². The van der Waals surface area contributed by atoms with Gasteiger partial charge in [0.1, 0.15) is 5.82 Å². The number of rotatable bonds is 7. The topological polar surface area (TPSA) is 38.1 Å². The molecule has 1 amide bonds. The summed E-state index contributed by atoms with van der Waals surface area (Å²) in [6.45, 7) is 7.01. The van der Waals surface area contributed by atoms with Crippen LogP contribution in [0.15, 0.2) is 12.4 Å². The minimum absolute atomic E-state index is 0.144. The molecule has 1 aromatic heterocycles. The molecule has 0 bridgehead atoms. The van der Waals surface area contributed by atoms with Crippen LogP contribution >= 0.6 is 0 Å². The molecule has 20 heavy (non-hydrogen) atoms. The van der Waals surface area contributed by atoms with Gasteiger partial charge in [-0.2, -0.15) is 0 Å². The number of hydrogen-bond donors (Lipinski definition) is 0. The molecular formula is C16H27N3O. The van der Waals surface area contributed by atoms with Crippen LogP contribution in [0.1, 0.15) is 51.8 Å². The van der Waals surface area contributed by atoms with Crippen LogP contribution in [0.2, 0.25) is 0 Å². The van der Waals surface area contributed by atoms with Crippen LogP contribution in [0.3, 0.4) is 0 Å². The van der Waals surface area contributed by atoms with Gasteiger partial charge < -0.3 is 9.47 Å². The second kappa shape index (κ2) is 7.46. The predicted molar refractivity (Wildman–Crippen MR) is 80.4 cm³/mol. The van der Waals surface area contributed by atoms with Gasteiger partial charge in [0.25, 0.3) is 0 Å². The molecule has 2 rings (SSSR count). The molecule has 0 saturated carbocycles. The average molecular weight is 277 g/mol. The van der Waals surface area contributed by atoms with E-state index >= 15 is 0 Å². The maximum Gasteiger partial charge on any atom is 0.227 e. The lowest BCUT2D eigenvalue weighted by Crippen LogP contribution is -2.40. The third-order valence-electron chi connectivity index (χ3n) is 4.16. The summed E-state index contributed by atoms with van der Waals surface area (Å²) in [5.41, 5.74) is 0. The second-order valence-electron chi connectivity index (χ2n) is 5.76. The predicted octanol–water partition coefficient (Wildman–Crippen LogP) is 2.87. The van der Waals surface area contributed by atoms with Gasteiger partial charge in [-0.3, -0.25) is 4.79 Å². The van der Waals surface area contributed by atoms with E-state index in [-0.39, 0.29) is 5.92 Å². The van der Waals surface area contributed by atoms with E-state index in [1.54, 1.807) is 0 Å². The van der Waals surface area contributed by atoms with Crippen LogP contribution in [-0.4, -0.2) is 33.4 Å². The Hall–Kier alpha value is -1.32. The molecule has 0 aromatic carbocycles. The zero-order valence-corrected chi connectivity index (χ0v) is 12.8. The standard InChI is InChI=1S/C16H27N3O/c1-3-5-10-18(11-6-4-2)16(20)14-7-8-15-17-9-12-19(15)13-14/h9,12,14H,3-8,10-11,13H2,1-2H3/t14-/m1/s1. The summed E-state index contributed by atoms with van der Waals surface area (Å²) in [5, 5.41) is 0. The van der Waals surface area contributed by atoms with Crippen molar-refractivity contribution in [2.45, 2.75) is 58.9 Å². The van der Waals surface area contributed by atoms with Gasteiger partial charge in [-0.05, 0) is 19.3 Å². The zero-order chi connectivity index (χ0) is 14.4. The molecule has 1 aliphatic rings. The Morgan fingerprint density at radius 2 is 2.05 bits per heavy atom. The van der Waals surface area contributed by atoms with E-state index in [1.807, 2.05) is 12.4 Å². The molecule has 0 radical (unpaired) electrons. The van der Waals surface area contributed by atoms with E-state index in [0.717, 1.165) is 64.0 Å². The molecule has 2 heterocycles. The van der Waals surface area contributed by atoms with E-state index < -0.39 is 0 Å². The van der Waals surface area contributed by atoms with Gasteiger partial charge >= 0.3 is 0 Å². The SMILES string of the molecule is CCCCN(CCCC)C(=O)[C@@H]1CCc2nccn2C1. The number of aryl methyl sites for hydroxylation is 1. The van der Waals surface area contributed by atoms with Crippen molar-refractivity contribution in [2.24, 2.45) is 5.92 Å². The molecule has 4 nitrogen and oxygen atoms in total. The quantitative estimate of drug-likeness (QED) is 0.768. The van der Waals surface area contributed by atoms with E-state index in [2.05, 4.69) is 28.3 Å². The van der Waals surface area contributed by atoms with E-state index in [0.29, 0.717) is 5.91 Å². The monoisotopic (exact) mass is 277 g/mol. The number of carbonyl (C=O) groups is 1. The molecule has 0 saturated heterocycles. The molecule has 1 aliphatic heterocycles. The van der Waals surface area contributed by atoms with Crippen LogP contribution in [-0.2, 0) is 17.8 Å². The van der Waals surface area contributed by atoms with Gasteiger partial charge in [-0.25, -0.2) is 4.98 Å². The maximum absolute atomic E-state index is 12.7. The second-order valence-corrected chi connectivity index (χ2v) is 5.76. The van der Waals surface area contributed by atoms with E-state index in [1.165, 1.54) is 0 Å². The Balaban J connectivity index is 1.96. The summed E-state index contributed by atoms with van der Waals surface area (Å²) >= 11 is 0. The van der Waals surface area contributed by atoms with Gasteiger partial charge in [0, 0.05) is 38.4 Å². The minimum atomic E-state index is 0.144. The highest BCUT2D eigenvalue weighted by molar-refractivity contribution is 5.79. The normalized spacial score (nSPS) is 17.8. The van der Waals surface area contributed by atoms with Gasteiger partial charge in [-0.1, -0.05) is 26.7 Å². The summed E-state index contributed by atoms with van der Waals surface area (Å²) in [6, 6.07) is 0. The third-order valence-corrected chi connectivity index (χ3v) is 4.16. The highest BCUT2D eigenvalue weighted by atomic mass is 16.2. The number of amides is 1. The van der Waals surface area contributed by atoms with Crippen LogP contribution in [0.4, 0.5) is 0 Å². The fourth-order valence-corrected chi connectivity index (χ4v) is 2.86. The lowest BCUT2D eigenvalue weighted by molar-refractivity contribution is -0.136. The van der Waals surface area contributed by atoms with Crippen LogP contribution in [0.25, 0.3) is 0 Å². The summed E-state index contributed by atoms with van der Waals surface area (Å²) in [6.07, 6.45) is 10.2. The smallest absolute Gasteiger partial charge is 0.227 e. The Labute approximate surface area is 122 Å². The fraction of sp³-hybridized carbons (Fsp3) is 0.750. The maximum atomic E-state index is 12.7. The summed E-state index contributed by atoms with van der Waals surface area (Å²) in [4.78, 5) is 19.2. The van der Waals surface area contributed by atoms with Crippen LogP contribution in [0, 0.1) is 5.92 Å². The highest BCUT2D eigenvalue weighted by Crippen LogP contribution is 2.21. The number of imidazole rings is 1. The lowest BCUT2D eigenvalue weighted by Gasteiger charge is -2.30. The van der Waals surface area contributed by atoms with Crippen LogP contribution in [0.5, 0.6) is 0 Å². The van der Waals surface area contributed by atoms with Crippen molar-refractivity contribution in [3.8, 4) is 0 Å². The van der Waals surface area contributed by atoms with Crippen molar-refractivity contribution in [2.75, 3.05) is 13.1 Å². The van der Waals surface area contributed by atoms with Crippen molar-refractivity contribution < 1.29 is 4.79 Å². The molecule has 0 N–H and O–H groups in total. The van der Waals surface area contributed by atoms with E-state index in [4.69, 9.17) is 0 Å². The molecule has 0 unspecified atom stereocenters. The van der Waals surface area contributed by atoms with Crippen molar-refractivity contribution in [3.05, 3.63) is 18.2 Å². The van der Waals surface area contributed by atoms with Crippen molar-refractivity contribution in [1.82, 2.24) is 14.5 Å². The van der Waals surface area contributed by atoms with Crippen molar-refractivity contribution in [3.63, 3.8) is 0 Å². The van der Waals surface area contributed by atoms with Gasteiger partial charge in [0.2, 0.25) is 5.91 Å². The molecular weight excluding hydrogens is 250 g/mol. The Bertz CT molecular complexity index is 419. The molecule has 1 atom stereocenters. The van der Waals surface area contributed by atoms with Crippen molar-refractivity contribution >= 4 is 5.91 Å². The molecule has 4 heteroatoms. The fourth-order valence-electron chi connectivity index (χ4n) is 2.86. The van der Waals surface area contributed by atoms with E-state index in [9.17, 15) is 4.79 Å². The van der Waals surface area contributed by atoms with Gasteiger partial charge in [0.15, 0.2) is 0 Å². The first-order chi connectivity index (χ1) is 9.76. The minimum Gasteiger partial charge on any atom is -0.342 e. The number of nitrogens with zero attached hydrogens (tertiary/aromatic N) is 3. The highest BCUT2D eigenvalue weighted by Gasteiger charge is 2.28. The van der Waals surface area contributed by atoms with Gasteiger partial charge in [-0.15, -0.1) is 0 Å². The number of unbranched alkanes of at least 4 members (excludes halogenated alkanes) is 2.